The summed E-state index contributed by atoms with van der Waals surface area (Å²) < 4.78 is 28.2. The lowest BCUT2D eigenvalue weighted by Crippen LogP contribution is -2.41. The molecule has 1 aliphatic heterocycles. The van der Waals surface area contributed by atoms with Gasteiger partial charge in [0.05, 0.1) is 22.0 Å². The van der Waals surface area contributed by atoms with E-state index in [1.54, 1.807) is 47.1 Å². The maximum absolute atomic E-state index is 12.5. The lowest BCUT2D eigenvalue weighted by molar-refractivity contribution is 0.309. The monoisotopic (exact) mass is 460 g/mol. The van der Waals surface area contributed by atoms with Crippen LogP contribution in [0.1, 0.15) is 23.2 Å². The molecule has 9 heteroatoms. The van der Waals surface area contributed by atoms with Crippen molar-refractivity contribution in [2.45, 2.75) is 24.8 Å². The number of hydrogen-bond acceptors (Lipinski definition) is 4. The van der Waals surface area contributed by atoms with Gasteiger partial charge in [0.2, 0.25) is 10.0 Å². The van der Waals surface area contributed by atoms with Crippen LogP contribution in [0.3, 0.4) is 0 Å². The molecule has 0 saturated carbocycles. The fourth-order valence-electron chi connectivity index (χ4n) is 3.37. The molecule has 0 bridgehead atoms. The quantitative estimate of drug-likeness (QED) is 0.561. The highest BCUT2D eigenvalue weighted by Gasteiger charge is 2.29. The van der Waals surface area contributed by atoms with Gasteiger partial charge in [0.1, 0.15) is 6.07 Å². The van der Waals surface area contributed by atoms with E-state index in [0.717, 1.165) is 28.8 Å². The molecule has 0 N–H and O–H groups in total. The molecule has 0 radical (unpaired) electrons. The minimum Gasteiger partial charge on any atom is -0.263 e. The second-order valence-corrected chi connectivity index (χ2v) is 9.82. The number of nitriles is 1. The van der Waals surface area contributed by atoms with Crippen molar-refractivity contribution >= 4 is 33.2 Å². The van der Waals surface area contributed by atoms with Crippen LogP contribution in [0.2, 0.25) is 10.2 Å². The van der Waals surface area contributed by atoms with Crippen LogP contribution in [0.4, 0.5) is 0 Å². The first-order valence-electron chi connectivity index (χ1n) is 9.33. The first-order chi connectivity index (χ1) is 14.3. The average Bonchev–Trinajstić information content (AvgIpc) is 2.93. The number of sulfonamides is 1. The van der Waals surface area contributed by atoms with Crippen LogP contribution in [0.5, 0.6) is 0 Å². The topological polar surface area (TPSA) is 79.0 Å². The summed E-state index contributed by atoms with van der Waals surface area (Å²) in [5.41, 5.74) is 3.68. The number of rotatable bonds is 5. The number of nitrogens with zero attached hydrogens (tertiary/aromatic N) is 4. The molecule has 6 nitrogen and oxygen atoms in total. The van der Waals surface area contributed by atoms with Crippen molar-refractivity contribution in [3.63, 3.8) is 0 Å². The predicted molar refractivity (Wildman–Crippen MR) is 116 cm³/mol. The molecular weight excluding hydrogens is 443 g/mol. The predicted octanol–water partition coefficient (Wildman–Crippen LogP) is 4.48. The van der Waals surface area contributed by atoms with Crippen LogP contribution in [-0.2, 0) is 16.6 Å². The molecule has 1 aromatic heterocycles. The van der Waals surface area contributed by atoms with E-state index < -0.39 is 10.0 Å². The lowest BCUT2D eigenvalue weighted by Gasteiger charge is -2.29. The normalized spacial score (nSPS) is 14.3. The molecule has 2 heterocycles. The highest BCUT2D eigenvalue weighted by atomic mass is 35.5. The molecule has 30 heavy (non-hydrogen) atoms. The summed E-state index contributed by atoms with van der Waals surface area (Å²) in [6, 6.07) is 14.0. The van der Waals surface area contributed by atoms with Crippen molar-refractivity contribution in [1.29, 1.82) is 5.26 Å². The first-order valence-corrected chi connectivity index (χ1v) is 11.5. The van der Waals surface area contributed by atoms with Gasteiger partial charge in [-0.05, 0) is 48.7 Å². The van der Waals surface area contributed by atoms with E-state index in [0.29, 0.717) is 40.3 Å². The van der Waals surface area contributed by atoms with Gasteiger partial charge in [-0.1, -0.05) is 41.4 Å². The molecule has 1 aliphatic rings. The molecule has 0 unspecified atom stereocenters. The van der Waals surface area contributed by atoms with Crippen LogP contribution in [0.25, 0.3) is 11.1 Å². The van der Waals surface area contributed by atoms with Crippen molar-refractivity contribution in [1.82, 2.24) is 14.1 Å². The summed E-state index contributed by atoms with van der Waals surface area (Å²) in [6.45, 7) is 3.51. The molecule has 2 aromatic carbocycles. The summed E-state index contributed by atoms with van der Waals surface area (Å²) in [5.74, 6) is 0. The van der Waals surface area contributed by atoms with Crippen LogP contribution in [-0.4, -0.2) is 35.6 Å². The summed E-state index contributed by atoms with van der Waals surface area (Å²) in [5, 5.41) is 14.2. The van der Waals surface area contributed by atoms with Gasteiger partial charge in [-0.15, -0.1) is 0 Å². The second-order valence-electron chi connectivity index (χ2n) is 7.12. The molecule has 4 rings (SSSR count). The Morgan fingerprint density at radius 2 is 1.83 bits per heavy atom. The second kappa shape index (κ2) is 8.05. The maximum atomic E-state index is 12.5. The van der Waals surface area contributed by atoms with E-state index >= 15 is 0 Å². The third kappa shape index (κ3) is 3.72. The minimum atomic E-state index is -3.39. The molecule has 0 amide bonds. The summed E-state index contributed by atoms with van der Waals surface area (Å²) in [6.07, 6.45) is 0.906. The van der Waals surface area contributed by atoms with Crippen molar-refractivity contribution in [3.05, 3.63) is 69.5 Å². The molecule has 1 saturated heterocycles. The zero-order valence-electron chi connectivity index (χ0n) is 16.1. The fraction of sp³-hybridized carbons (Fsp3) is 0.238. The molecular formula is C21H18Cl2N4O2S. The van der Waals surface area contributed by atoms with Crippen LogP contribution in [0.15, 0.2) is 47.4 Å². The molecule has 0 spiro atoms. The summed E-state index contributed by atoms with van der Waals surface area (Å²) in [4.78, 5) is 0.300. The molecule has 154 valence electrons. The van der Waals surface area contributed by atoms with Crippen molar-refractivity contribution in [2.75, 3.05) is 13.1 Å². The Hall–Kier alpha value is -2.37. The molecule has 0 atom stereocenters. The van der Waals surface area contributed by atoms with Crippen molar-refractivity contribution < 1.29 is 8.42 Å². The van der Waals surface area contributed by atoms with E-state index in [1.165, 1.54) is 4.31 Å². The SMILES string of the molecule is Cc1c(-c2ccc(C#N)c(Cl)c2)c(Cl)nn1Cc1ccc(S(=O)(=O)N2CCC2)cc1. The van der Waals surface area contributed by atoms with Gasteiger partial charge < -0.3 is 0 Å². The maximum Gasteiger partial charge on any atom is 0.243 e. The van der Waals surface area contributed by atoms with Gasteiger partial charge in [-0.3, -0.25) is 4.68 Å². The highest BCUT2D eigenvalue weighted by Crippen LogP contribution is 2.33. The highest BCUT2D eigenvalue weighted by molar-refractivity contribution is 7.89. The number of aromatic nitrogens is 2. The standard InChI is InChI=1S/C21H18Cl2N4O2S/c1-14-20(16-5-6-17(12-24)19(22)11-16)21(23)25-27(14)13-15-3-7-18(8-4-15)30(28,29)26-9-2-10-26/h3-8,11H,2,9-10,13H2,1H3. The van der Waals surface area contributed by atoms with Gasteiger partial charge in [-0.2, -0.15) is 14.7 Å². The van der Waals surface area contributed by atoms with Gasteiger partial charge >= 0.3 is 0 Å². The lowest BCUT2D eigenvalue weighted by atomic mass is 10.0. The summed E-state index contributed by atoms with van der Waals surface area (Å²) in [7, 11) is -3.39. The van der Waals surface area contributed by atoms with E-state index in [2.05, 4.69) is 5.10 Å². The van der Waals surface area contributed by atoms with Gasteiger partial charge in [0, 0.05) is 24.3 Å². The Kier molecular flexibility index (Phi) is 5.60. The average molecular weight is 461 g/mol. The number of benzene rings is 2. The first kappa shape index (κ1) is 20.9. The van der Waals surface area contributed by atoms with Crippen LogP contribution < -0.4 is 0 Å². The third-order valence-corrected chi connectivity index (χ3v) is 7.74. The van der Waals surface area contributed by atoms with Crippen molar-refractivity contribution in [2.24, 2.45) is 0 Å². The summed E-state index contributed by atoms with van der Waals surface area (Å²) >= 11 is 12.6. The van der Waals surface area contributed by atoms with E-state index in [4.69, 9.17) is 28.5 Å². The van der Waals surface area contributed by atoms with Crippen molar-refractivity contribution in [3.8, 4) is 17.2 Å². The Morgan fingerprint density at radius 1 is 1.13 bits per heavy atom. The number of halogens is 2. The zero-order valence-corrected chi connectivity index (χ0v) is 18.5. The Bertz CT molecular complexity index is 1260. The van der Waals surface area contributed by atoms with Crippen LogP contribution >= 0.6 is 23.2 Å². The van der Waals surface area contributed by atoms with E-state index in [-0.39, 0.29) is 0 Å². The smallest absolute Gasteiger partial charge is 0.243 e. The van der Waals surface area contributed by atoms with Crippen LogP contribution in [0, 0.1) is 18.3 Å². The Labute approximate surface area is 185 Å². The largest absolute Gasteiger partial charge is 0.263 e. The molecule has 0 aliphatic carbocycles. The Morgan fingerprint density at radius 3 is 2.40 bits per heavy atom. The fourth-order valence-corrected chi connectivity index (χ4v) is 5.45. The van der Waals surface area contributed by atoms with E-state index in [9.17, 15) is 8.42 Å². The zero-order chi connectivity index (χ0) is 21.5. The van der Waals surface area contributed by atoms with Gasteiger partial charge in [0.15, 0.2) is 5.15 Å². The third-order valence-electron chi connectivity index (χ3n) is 5.25. The Balaban J connectivity index is 1.60. The van der Waals surface area contributed by atoms with E-state index in [1.807, 2.05) is 13.0 Å². The number of hydrogen-bond donors (Lipinski definition) is 0. The molecule has 3 aromatic rings. The molecule has 1 fully saturated rings. The minimum absolute atomic E-state index is 0.300. The van der Waals surface area contributed by atoms with Gasteiger partial charge in [-0.25, -0.2) is 8.42 Å². The van der Waals surface area contributed by atoms with Gasteiger partial charge in [0.25, 0.3) is 0 Å².